The van der Waals surface area contributed by atoms with Crippen LogP contribution in [0.2, 0.25) is 0 Å². The lowest BCUT2D eigenvalue weighted by molar-refractivity contribution is -0.142. The third-order valence-corrected chi connectivity index (χ3v) is 3.76. The molecule has 1 aliphatic heterocycles. The van der Waals surface area contributed by atoms with Crippen LogP contribution in [-0.4, -0.2) is 50.8 Å². The lowest BCUT2D eigenvalue weighted by atomic mass is 10.1. The van der Waals surface area contributed by atoms with Gasteiger partial charge in [0.05, 0.1) is 7.11 Å². The molecule has 5 nitrogen and oxygen atoms in total. The number of esters is 1. The van der Waals surface area contributed by atoms with E-state index in [1.54, 1.807) is 0 Å². The predicted octanol–water partition coefficient (Wildman–Crippen LogP) is 2.13. The highest BCUT2D eigenvalue weighted by molar-refractivity contribution is 5.70. The van der Waals surface area contributed by atoms with Crippen LogP contribution in [0.15, 0.2) is 24.3 Å². The van der Waals surface area contributed by atoms with Crippen LogP contribution in [0.25, 0.3) is 0 Å². The smallest absolute Gasteiger partial charge is 0.343 e. The molecule has 0 bridgehead atoms. The van der Waals surface area contributed by atoms with Gasteiger partial charge < -0.3 is 19.7 Å². The van der Waals surface area contributed by atoms with Crippen LogP contribution in [0.1, 0.15) is 19.3 Å². The van der Waals surface area contributed by atoms with Crippen LogP contribution in [0.5, 0.6) is 5.75 Å². The Kier molecular flexibility index (Phi) is 5.87. The Morgan fingerprint density at radius 3 is 2.76 bits per heavy atom. The van der Waals surface area contributed by atoms with Gasteiger partial charge in [-0.2, -0.15) is 0 Å². The standard InChI is InChI=1S/C16H24N2O3/c1-18-10-3-4-13(9-11-18)17-14-5-7-15(8-6-14)21-12-16(19)20-2/h5-8,13,17H,3-4,9-12H2,1-2H3. The number of hydrogen-bond acceptors (Lipinski definition) is 5. The van der Waals surface area contributed by atoms with Gasteiger partial charge in [-0.05, 0) is 63.7 Å². The van der Waals surface area contributed by atoms with Gasteiger partial charge in [-0.25, -0.2) is 4.79 Å². The molecule has 1 fully saturated rings. The summed E-state index contributed by atoms with van der Waals surface area (Å²) in [6.07, 6.45) is 3.59. The van der Waals surface area contributed by atoms with E-state index in [-0.39, 0.29) is 12.6 Å². The number of ether oxygens (including phenoxy) is 2. The van der Waals surface area contributed by atoms with Crippen LogP contribution in [0.4, 0.5) is 5.69 Å². The Morgan fingerprint density at radius 1 is 1.29 bits per heavy atom. The first-order valence-corrected chi connectivity index (χ1v) is 7.42. The maximum Gasteiger partial charge on any atom is 0.343 e. The number of nitrogens with zero attached hydrogens (tertiary/aromatic N) is 1. The third-order valence-electron chi connectivity index (χ3n) is 3.76. The summed E-state index contributed by atoms with van der Waals surface area (Å²) in [6.45, 7) is 2.26. The Hall–Kier alpha value is -1.75. The zero-order valence-electron chi connectivity index (χ0n) is 12.8. The average Bonchev–Trinajstić information content (AvgIpc) is 2.71. The van der Waals surface area contributed by atoms with Crippen LogP contribution in [0, 0.1) is 0 Å². The largest absolute Gasteiger partial charge is 0.482 e. The first-order chi connectivity index (χ1) is 10.2. The molecule has 21 heavy (non-hydrogen) atoms. The number of hydrogen-bond donors (Lipinski definition) is 1. The summed E-state index contributed by atoms with van der Waals surface area (Å²) in [5.41, 5.74) is 1.09. The van der Waals surface area contributed by atoms with Crippen molar-refractivity contribution < 1.29 is 14.3 Å². The molecule has 1 aliphatic rings. The molecule has 0 amide bonds. The molecule has 1 aromatic carbocycles. The van der Waals surface area contributed by atoms with Crippen molar-refractivity contribution in [1.82, 2.24) is 4.90 Å². The van der Waals surface area contributed by atoms with Crippen LogP contribution >= 0.6 is 0 Å². The fraction of sp³-hybridized carbons (Fsp3) is 0.562. The number of anilines is 1. The molecule has 1 atom stereocenters. The van der Waals surface area contributed by atoms with Crippen molar-refractivity contribution in [3.05, 3.63) is 24.3 Å². The predicted molar refractivity (Wildman–Crippen MR) is 82.7 cm³/mol. The van der Waals surface area contributed by atoms with Gasteiger partial charge in [0.2, 0.25) is 0 Å². The summed E-state index contributed by atoms with van der Waals surface area (Å²) in [5, 5.41) is 3.57. The van der Waals surface area contributed by atoms with Crippen molar-refractivity contribution in [2.24, 2.45) is 0 Å². The molecular formula is C16H24N2O3. The molecular weight excluding hydrogens is 268 g/mol. The fourth-order valence-corrected chi connectivity index (χ4v) is 2.47. The molecule has 0 aliphatic carbocycles. The van der Waals surface area contributed by atoms with E-state index < -0.39 is 0 Å². The summed E-state index contributed by atoms with van der Waals surface area (Å²) in [4.78, 5) is 13.4. The molecule has 1 saturated heterocycles. The van der Waals surface area contributed by atoms with Gasteiger partial charge in [0.1, 0.15) is 5.75 Å². The highest BCUT2D eigenvalue weighted by Gasteiger charge is 2.14. The number of nitrogens with one attached hydrogen (secondary N) is 1. The number of likely N-dealkylation sites (tertiary alicyclic amines) is 1. The molecule has 116 valence electrons. The van der Waals surface area contributed by atoms with Crippen LogP contribution < -0.4 is 10.1 Å². The number of methoxy groups -OCH3 is 1. The summed E-state index contributed by atoms with van der Waals surface area (Å²) in [6, 6.07) is 8.24. The zero-order chi connectivity index (χ0) is 15.1. The van der Waals surface area contributed by atoms with E-state index in [4.69, 9.17) is 4.74 Å². The quantitative estimate of drug-likeness (QED) is 0.843. The number of rotatable bonds is 5. The second kappa shape index (κ2) is 7.88. The van der Waals surface area contributed by atoms with E-state index >= 15 is 0 Å². The van der Waals surface area contributed by atoms with E-state index in [1.807, 2.05) is 24.3 Å². The minimum Gasteiger partial charge on any atom is -0.482 e. The SMILES string of the molecule is COC(=O)COc1ccc(NC2CCCN(C)CC2)cc1. The Bertz CT molecular complexity index is 447. The average molecular weight is 292 g/mol. The monoisotopic (exact) mass is 292 g/mol. The highest BCUT2D eigenvalue weighted by Crippen LogP contribution is 2.19. The summed E-state index contributed by atoms with van der Waals surface area (Å²) in [5.74, 6) is 0.298. The Balaban J connectivity index is 1.82. The molecule has 1 aromatic rings. The van der Waals surface area contributed by atoms with Gasteiger partial charge in [0.15, 0.2) is 6.61 Å². The van der Waals surface area contributed by atoms with Crippen molar-refractivity contribution >= 4 is 11.7 Å². The topological polar surface area (TPSA) is 50.8 Å². The van der Waals surface area contributed by atoms with Crippen LogP contribution in [0.3, 0.4) is 0 Å². The highest BCUT2D eigenvalue weighted by atomic mass is 16.6. The van der Waals surface area contributed by atoms with Gasteiger partial charge in [-0.1, -0.05) is 0 Å². The summed E-state index contributed by atoms with van der Waals surface area (Å²) in [7, 11) is 3.53. The summed E-state index contributed by atoms with van der Waals surface area (Å²) >= 11 is 0. The van der Waals surface area contributed by atoms with Crippen LogP contribution in [-0.2, 0) is 9.53 Å². The summed E-state index contributed by atoms with van der Waals surface area (Å²) < 4.78 is 9.87. The van der Waals surface area contributed by atoms with E-state index in [2.05, 4.69) is 22.0 Å². The lowest BCUT2D eigenvalue weighted by Gasteiger charge is -2.18. The Labute approximate surface area is 126 Å². The zero-order valence-corrected chi connectivity index (χ0v) is 12.8. The van der Waals surface area contributed by atoms with Crippen molar-refractivity contribution in [1.29, 1.82) is 0 Å². The van der Waals surface area contributed by atoms with Crippen molar-refractivity contribution in [2.75, 3.05) is 39.2 Å². The number of carbonyl (C=O) groups is 1. The van der Waals surface area contributed by atoms with Gasteiger partial charge in [0, 0.05) is 11.7 Å². The van der Waals surface area contributed by atoms with E-state index in [9.17, 15) is 4.79 Å². The molecule has 0 aromatic heterocycles. The second-order valence-corrected chi connectivity index (χ2v) is 5.46. The van der Waals surface area contributed by atoms with E-state index in [0.717, 1.165) is 18.7 Å². The molecule has 5 heteroatoms. The normalized spacial score (nSPS) is 19.6. The van der Waals surface area contributed by atoms with Gasteiger partial charge in [0.25, 0.3) is 0 Å². The van der Waals surface area contributed by atoms with Gasteiger partial charge in [-0.3, -0.25) is 0 Å². The fourth-order valence-electron chi connectivity index (χ4n) is 2.47. The maximum atomic E-state index is 11.0. The van der Waals surface area contributed by atoms with Gasteiger partial charge >= 0.3 is 5.97 Å². The first-order valence-electron chi connectivity index (χ1n) is 7.42. The molecule has 0 spiro atoms. The van der Waals surface area contributed by atoms with E-state index in [1.165, 1.54) is 26.5 Å². The lowest BCUT2D eigenvalue weighted by Crippen LogP contribution is -2.22. The second-order valence-electron chi connectivity index (χ2n) is 5.46. The number of carbonyl (C=O) groups excluding carboxylic acids is 1. The molecule has 1 heterocycles. The van der Waals surface area contributed by atoms with E-state index in [0.29, 0.717) is 11.8 Å². The molecule has 1 N–H and O–H groups in total. The maximum absolute atomic E-state index is 11.0. The molecule has 2 rings (SSSR count). The van der Waals surface area contributed by atoms with Crippen molar-refractivity contribution in [3.8, 4) is 5.75 Å². The molecule has 0 saturated carbocycles. The third kappa shape index (κ3) is 5.27. The van der Waals surface area contributed by atoms with Gasteiger partial charge in [-0.15, -0.1) is 0 Å². The van der Waals surface area contributed by atoms with Crippen molar-refractivity contribution in [2.45, 2.75) is 25.3 Å². The minimum atomic E-state index is -0.375. The van der Waals surface area contributed by atoms with Crippen molar-refractivity contribution in [3.63, 3.8) is 0 Å². The molecule has 1 unspecified atom stereocenters. The Morgan fingerprint density at radius 2 is 2.05 bits per heavy atom. The minimum absolute atomic E-state index is 0.0573. The number of benzene rings is 1. The first kappa shape index (κ1) is 15.6. The molecule has 0 radical (unpaired) electrons.